The van der Waals surface area contributed by atoms with Crippen LogP contribution in [0.2, 0.25) is 0 Å². The van der Waals surface area contributed by atoms with Crippen molar-refractivity contribution in [1.29, 1.82) is 0 Å². The number of nitrogens with zero attached hydrogens (tertiary/aromatic N) is 2. The van der Waals surface area contributed by atoms with Crippen LogP contribution in [0.5, 0.6) is 0 Å². The fourth-order valence-electron chi connectivity index (χ4n) is 3.25. The van der Waals surface area contributed by atoms with E-state index in [1.807, 2.05) is 28.8 Å². The fourth-order valence-corrected chi connectivity index (χ4v) is 3.60. The van der Waals surface area contributed by atoms with Crippen LogP contribution in [0.4, 0.5) is 0 Å². The molecule has 3 aromatic rings. The topological polar surface area (TPSA) is 34.9 Å². The van der Waals surface area contributed by atoms with Gasteiger partial charge < -0.3 is 0 Å². The van der Waals surface area contributed by atoms with E-state index in [0.717, 1.165) is 35.2 Å². The van der Waals surface area contributed by atoms with Gasteiger partial charge in [0, 0.05) is 17.4 Å². The second-order valence-electron chi connectivity index (χ2n) is 5.87. The van der Waals surface area contributed by atoms with Crippen molar-refractivity contribution < 1.29 is 0 Å². The Kier molecular flexibility index (Phi) is 3.34. The molecule has 1 unspecified atom stereocenters. The highest BCUT2D eigenvalue weighted by atomic mass is 79.9. The zero-order chi connectivity index (χ0) is 15.1. The Morgan fingerprint density at radius 1 is 1.18 bits per heavy atom. The van der Waals surface area contributed by atoms with Gasteiger partial charge in [0.15, 0.2) is 0 Å². The normalized spacial score (nSPS) is 16.9. The number of fused-ring (bicyclic) bond motifs is 2. The minimum Gasteiger partial charge on any atom is -0.296 e. The van der Waals surface area contributed by atoms with Crippen molar-refractivity contribution in [3.8, 4) is 0 Å². The number of halogens is 1. The molecule has 0 aliphatic carbocycles. The molecule has 0 N–H and O–H groups in total. The molecule has 0 fully saturated rings. The Labute approximate surface area is 136 Å². The molecule has 110 valence electrons. The first kappa shape index (κ1) is 13.7. The predicted molar refractivity (Wildman–Crippen MR) is 91.0 cm³/mol. The summed E-state index contributed by atoms with van der Waals surface area (Å²) in [4.78, 5) is 17.3. The molecule has 4 rings (SSSR count). The third-order valence-corrected chi connectivity index (χ3v) is 4.77. The monoisotopic (exact) mass is 354 g/mol. The first-order valence-corrected chi connectivity index (χ1v) is 8.23. The zero-order valence-electron chi connectivity index (χ0n) is 12.0. The molecule has 2 aromatic carbocycles. The molecule has 1 aliphatic heterocycles. The molecule has 3 nitrogen and oxygen atoms in total. The lowest BCUT2D eigenvalue weighted by atomic mass is 9.98. The van der Waals surface area contributed by atoms with Gasteiger partial charge in [-0.1, -0.05) is 46.3 Å². The molecule has 1 aliphatic rings. The quantitative estimate of drug-likeness (QED) is 0.704. The van der Waals surface area contributed by atoms with Crippen molar-refractivity contribution in [2.45, 2.75) is 19.4 Å². The Hall–Kier alpha value is -1.94. The minimum absolute atomic E-state index is 0.0862. The Morgan fingerprint density at radius 2 is 2.00 bits per heavy atom. The van der Waals surface area contributed by atoms with Gasteiger partial charge in [-0.15, -0.1) is 0 Å². The van der Waals surface area contributed by atoms with Crippen LogP contribution in [-0.4, -0.2) is 9.55 Å². The van der Waals surface area contributed by atoms with Crippen LogP contribution in [0.1, 0.15) is 11.4 Å². The maximum atomic E-state index is 12.6. The first-order valence-electron chi connectivity index (χ1n) is 7.43. The fraction of sp³-hybridized carbons (Fsp3) is 0.222. The molecule has 4 heteroatoms. The highest BCUT2D eigenvalue weighted by Gasteiger charge is 2.24. The average molecular weight is 355 g/mol. The van der Waals surface area contributed by atoms with E-state index in [2.05, 4.69) is 40.2 Å². The van der Waals surface area contributed by atoms with Crippen LogP contribution in [0, 0.1) is 5.92 Å². The third-order valence-electron chi connectivity index (χ3n) is 4.28. The second kappa shape index (κ2) is 5.36. The third kappa shape index (κ3) is 2.37. The Balaban J connectivity index is 1.70. The van der Waals surface area contributed by atoms with Crippen molar-refractivity contribution in [2.24, 2.45) is 5.92 Å². The molecule has 0 saturated heterocycles. The molecule has 1 atom stereocenters. The number of benzene rings is 2. The number of rotatable bonds is 2. The van der Waals surface area contributed by atoms with E-state index in [1.54, 1.807) is 0 Å². The average Bonchev–Trinajstić information content (AvgIpc) is 2.91. The summed E-state index contributed by atoms with van der Waals surface area (Å²) >= 11 is 3.44. The maximum Gasteiger partial charge on any atom is 0.261 e. The van der Waals surface area contributed by atoms with Gasteiger partial charge in [-0.25, -0.2) is 4.98 Å². The van der Waals surface area contributed by atoms with Gasteiger partial charge >= 0.3 is 0 Å². The SMILES string of the molecule is O=c1c2ccc(Br)cc2nc2n1CC(Cc1ccccc1)C2. The summed E-state index contributed by atoms with van der Waals surface area (Å²) in [5, 5.41) is 0.701. The lowest BCUT2D eigenvalue weighted by molar-refractivity contribution is 0.507. The lowest BCUT2D eigenvalue weighted by Crippen LogP contribution is -2.21. The molecule has 2 heterocycles. The summed E-state index contributed by atoms with van der Waals surface area (Å²) in [6.45, 7) is 0.766. The molecular weight excluding hydrogens is 340 g/mol. The summed E-state index contributed by atoms with van der Waals surface area (Å²) in [7, 11) is 0. The van der Waals surface area contributed by atoms with Crippen LogP contribution >= 0.6 is 15.9 Å². The Morgan fingerprint density at radius 3 is 2.82 bits per heavy atom. The van der Waals surface area contributed by atoms with E-state index in [1.165, 1.54) is 5.56 Å². The van der Waals surface area contributed by atoms with E-state index in [4.69, 9.17) is 4.98 Å². The smallest absolute Gasteiger partial charge is 0.261 e. The molecular formula is C18H15BrN2O. The number of hydrogen-bond donors (Lipinski definition) is 0. The van der Waals surface area contributed by atoms with Gasteiger partial charge in [0.05, 0.1) is 10.9 Å². The van der Waals surface area contributed by atoms with Gasteiger partial charge in [0.1, 0.15) is 5.82 Å². The van der Waals surface area contributed by atoms with E-state index < -0.39 is 0 Å². The van der Waals surface area contributed by atoms with Crippen LogP contribution in [0.3, 0.4) is 0 Å². The van der Waals surface area contributed by atoms with Gasteiger partial charge in [-0.2, -0.15) is 0 Å². The first-order chi connectivity index (χ1) is 10.7. The van der Waals surface area contributed by atoms with Crippen molar-refractivity contribution in [3.63, 3.8) is 0 Å². The summed E-state index contributed by atoms with van der Waals surface area (Å²) < 4.78 is 2.81. The van der Waals surface area contributed by atoms with Crippen molar-refractivity contribution in [1.82, 2.24) is 9.55 Å². The number of hydrogen-bond acceptors (Lipinski definition) is 2. The van der Waals surface area contributed by atoms with E-state index in [0.29, 0.717) is 11.3 Å². The van der Waals surface area contributed by atoms with E-state index >= 15 is 0 Å². The van der Waals surface area contributed by atoms with Crippen LogP contribution in [-0.2, 0) is 19.4 Å². The number of aromatic nitrogens is 2. The van der Waals surface area contributed by atoms with Crippen molar-refractivity contribution in [3.05, 3.63) is 74.7 Å². The Bertz CT molecular complexity index is 902. The molecule has 0 amide bonds. The molecule has 0 saturated carbocycles. The van der Waals surface area contributed by atoms with E-state index in [-0.39, 0.29) is 5.56 Å². The molecule has 0 bridgehead atoms. The zero-order valence-corrected chi connectivity index (χ0v) is 13.6. The molecule has 1 aromatic heterocycles. The summed E-state index contributed by atoms with van der Waals surface area (Å²) in [5.74, 6) is 1.36. The summed E-state index contributed by atoms with van der Waals surface area (Å²) in [6, 6.07) is 16.1. The highest BCUT2D eigenvalue weighted by molar-refractivity contribution is 9.10. The molecule has 22 heavy (non-hydrogen) atoms. The largest absolute Gasteiger partial charge is 0.296 e. The van der Waals surface area contributed by atoms with Crippen molar-refractivity contribution in [2.75, 3.05) is 0 Å². The standard InChI is InChI=1S/C18H15BrN2O/c19-14-6-7-15-16(10-14)20-17-9-13(11-21(17)18(15)22)8-12-4-2-1-3-5-12/h1-7,10,13H,8-9,11H2. The van der Waals surface area contributed by atoms with E-state index in [9.17, 15) is 4.79 Å². The van der Waals surface area contributed by atoms with Gasteiger partial charge in [-0.05, 0) is 36.1 Å². The molecule has 0 spiro atoms. The predicted octanol–water partition coefficient (Wildman–Crippen LogP) is 3.57. The highest BCUT2D eigenvalue weighted by Crippen LogP contribution is 2.24. The lowest BCUT2D eigenvalue weighted by Gasteiger charge is -2.07. The van der Waals surface area contributed by atoms with Crippen LogP contribution in [0.25, 0.3) is 10.9 Å². The minimum atomic E-state index is 0.0862. The van der Waals surface area contributed by atoms with Crippen LogP contribution in [0.15, 0.2) is 57.8 Å². The van der Waals surface area contributed by atoms with Gasteiger partial charge in [-0.3, -0.25) is 9.36 Å². The van der Waals surface area contributed by atoms with Gasteiger partial charge in [0.2, 0.25) is 0 Å². The van der Waals surface area contributed by atoms with Gasteiger partial charge in [0.25, 0.3) is 5.56 Å². The second-order valence-corrected chi connectivity index (χ2v) is 6.78. The maximum absolute atomic E-state index is 12.6. The summed E-state index contributed by atoms with van der Waals surface area (Å²) in [6.07, 6.45) is 1.86. The van der Waals surface area contributed by atoms with Crippen molar-refractivity contribution >= 4 is 26.8 Å². The summed E-state index contributed by atoms with van der Waals surface area (Å²) in [5.41, 5.74) is 2.19. The molecule has 0 radical (unpaired) electrons. The van der Waals surface area contributed by atoms with Crippen LogP contribution < -0.4 is 5.56 Å².